The second-order valence-electron chi connectivity index (χ2n) is 5.14. The highest BCUT2D eigenvalue weighted by atomic mass is 16.4. The fraction of sp³-hybridized carbons (Fsp3) is 0.467. The van der Waals surface area contributed by atoms with Gasteiger partial charge in [-0.3, -0.25) is 4.90 Å². The van der Waals surface area contributed by atoms with Gasteiger partial charge in [-0.05, 0) is 38.8 Å². The molecule has 1 atom stereocenters. The molecule has 0 fully saturated rings. The van der Waals surface area contributed by atoms with E-state index in [1.165, 1.54) is 24.0 Å². The Labute approximate surface area is 124 Å². The van der Waals surface area contributed by atoms with Crippen molar-refractivity contribution in [2.45, 2.75) is 39.7 Å². The van der Waals surface area contributed by atoms with Crippen molar-refractivity contribution < 1.29 is 19.8 Å². The molecule has 0 aliphatic heterocycles. The number of aromatic hydroxyl groups is 1. The Morgan fingerprint density at radius 2 is 1.95 bits per heavy atom. The number of anilines is 1. The third-order valence-corrected chi connectivity index (χ3v) is 3.61. The van der Waals surface area contributed by atoms with E-state index in [4.69, 9.17) is 0 Å². The van der Waals surface area contributed by atoms with Gasteiger partial charge in [-0.2, -0.15) is 0 Å². The number of aryl methyl sites for hydroxylation is 1. The van der Waals surface area contributed by atoms with Crippen molar-refractivity contribution in [2.24, 2.45) is 0 Å². The van der Waals surface area contributed by atoms with Crippen LogP contribution in [0.2, 0.25) is 0 Å². The molecule has 6 nitrogen and oxygen atoms in total. The normalized spacial score (nSPS) is 13.3. The molecule has 116 valence electrons. The van der Waals surface area contributed by atoms with Crippen LogP contribution in [0.5, 0.6) is 5.75 Å². The summed E-state index contributed by atoms with van der Waals surface area (Å²) in [6, 6.07) is 4.23. The van der Waals surface area contributed by atoms with Crippen molar-refractivity contribution in [1.82, 2.24) is 5.32 Å². The summed E-state index contributed by atoms with van der Waals surface area (Å²) in [6.45, 7) is 7.13. The van der Waals surface area contributed by atoms with E-state index in [1.807, 2.05) is 6.92 Å². The lowest BCUT2D eigenvalue weighted by Crippen LogP contribution is -2.56. The maximum atomic E-state index is 12.4. The Bertz CT molecular complexity index is 544. The van der Waals surface area contributed by atoms with Crippen molar-refractivity contribution >= 4 is 17.7 Å². The first-order valence-corrected chi connectivity index (χ1v) is 6.87. The average Bonchev–Trinajstić information content (AvgIpc) is 2.43. The Morgan fingerprint density at radius 3 is 2.43 bits per heavy atom. The molecule has 1 unspecified atom stereocenters. The molecule has 0 heterocycles. The first-order valence-electron chi connectivity index (χ1n) is 6.87. The van der Waals surface area contributed by atoms with Crippen LogP contribution in [-0.4, -0.2) is 34.3 Å². The zero-order valence-corrected chi connectivity index (χ0v) is 12.8. The van der Waals surface area contributed by atoms with Crippen LogP contribution < -0.4 is 10.2 Å². The number of nitrogens with zero attached hydrogens (tertiary/aromatic N) is 1. The van der Waals surface area contributed by atoms with Crippen molar-refractivity contribution in [3.63, 3.8) is 0 Å². The number of amides is 2. The van der Waals surface area contributed by atoms with Gasteiger partial charge in [-0.25, -0.2) is 9.59 Å². The van der Waals surface area contributed by atoms with Crippen LogP contribution in [-0.2, 0) is 4.79 Å². The number of nitrogens with one attached hydrogen (secondary N) is 1. The Morgan fingerprint density at radius 1 is 1.33 bits per heavy atom. The van der Waals surface area contributed by atoms with E-state index in [-0.39, 0.29) is 12.2 Å². The zero-order chi connectivity index (χ0) is 16.2. The molecular formula is C15H22N2O4. The molecule has 0 saturated heterocycles. The van der Waals surface area contributed by atoms with Crippen LogP contribution in [0.25, 0.3) is 0 Å². The average molecular weight is 294 g/mol. The molecule has 0 aliphatic rings. The summed E-state index contributed by atoms with van der Waals surface area (Å²) in [5.74, 6) is -1.03. The number of hydrogen-bond acceptors (Lipinski definition) is 3. The van der Waals surface area contributed by atoms with E-state index in [0.29, 0.717) is 12.2 Å². The second-order valence-corrected chi connectivity index (χ2v) is 5.14. The van der Waals surface area contributed by atoms with Gasteiger partial charge in [-0.15, -0.1) is 0 Å². The summed E-state index contributed by atoms with van der Waals surface area (Å²) < 4.78 is 0. The minimum Gasteiger partial charge on any atom is -0.508 e. The van der Waals surface area contributed by atoms with Crippen LogP contribution >= 0.6 is 0 Å². The number of aliphatic carboxylic acids is 1. The summed E-state index contributed by atoms with van der Waals surface area (Å²) >= 11 is 0. The Kier molecular flexibility index (Phi) is 5.18. The number of hydrogen-bond donors (Lipinski definition) is 3. The summed E-state index contributed by atoms with van der Waals surface area (Å²) in [5.41, 5.74) is 0.0482. The number of carbonyl (C=O) groups is 2. The van der Waals surface area contributed by atoms with Gasteiger partial charge in [0.1, 0.15) is 11.3 Å². The minimum absolute atomic E-state index is 0.0540. The Balaban J connectivity index is 3.07. The van der Waals surface area contributed by atoms with Crippen LogP contribution in [0.3, 0.4) is 0 Å². The lowest BCUT2D eigenvalue weighted by atomic mass is 9.99. The smallest absolute Gasteiger partial charge is 0.329 e. The maximum Gasteiger partial charge on any atom is 0.329 e. The van der Waals surface area contributed by atoms with Gasteiger partial charge in [0.25, 0.3) is 0 Å². The molecule has 2 amide bonds. The van der Waals surface area contributed by atoms with E-state index in [2.05, 4.69) is 5.32 Å². The summed E-state index contributed by atoms with van der Waals surface area (Å²) in [6.07, 6.45) is 0.269. The van der Waals surface area contributed by atoms with Crippen molar-refractivity contribution in [2.75, 3.05) is 11.4 Å². The third kappa shape index (κ3) is 3.65. The van der Waals surface area contributed by atoms with Gasteiger partial charge in [0, 0.05) is 12.6 Å². The fourth-order valence-corrected chi connectivity index (χ4v) is 1.91. The number of rotatable bonds is 5. The molecule has 0 radical (unpaired) electrons. The monoisotopic (exact) mass is 294 g/mol. The topological polar surface area (TPSA) is 89.9 Å². The highest BCUT2D eigenvalue weighted by molar-refractivity contribution is 5.96. The molecule has 1 aromatic carbocycles. The number of phenols is 1. The molecule has 0 aliphatic carbocycles. The van der Waals surface area contributed by atoms with E-state index in [0.717, 1.165) is 5.56 Å². The predicted octanol–water partition coefficient (Wildman–Crippen LogP) is 2.49. The van der Waals surface area contributed by atoms with Crippen molar-refractivity contribution in [1.29, 1.82) is 0 Å². The molecular weight excluding hydrogens is 272 g/mol. The van der Waals surface area contributed by atoms with Gasteiger partial charge in [0.2, 0.25) is 0 Å². The first-order chi connectivity index (χ1) is 9.75. The van der Waals surface area contributed by atoms with E-state index < -0.39 is 17.5 Å². The van der Waals surface area contributed by atoms with E-state index in [9.17, 15) is 19.8 Å². The lowest BCUT2D eigenvalue weighted by Gasteiger charge is -2.30. The minimum atomic E-state index is -1.32. The largest absolute Gasteiger partial charge is 0.508 e. The van der Waals surface area contributed by atoms with Crippen LogP contribution in [0.15, 0.2) is 18.2 Å². The quantitative estimate of drug-likeness (QED) is 0.778. The van der Waals surface area contributed by atoms with Crippen LogP contribution in [0.4, 0.5) is 10.5 Å². The molecule has 0 aromatic heterocycles. The van der Waals surface area contributed by atoms with Gasteiger partial charge >= 0.3 is 12.0 Å². The van der Waals surface area contributed by atoms with Gasteiger partial charge in [0.05, 0.1) is 5.69 Å². The lowest BCUT2D eigenvalue weighted by molar-refractivity contribution is -0.143. The number of benzene rings is 1. The number of carboxylic acids is 1. The van der Waals surface area contributed by atoms with Gasteiger partial charge < -0.3 is 15.5 Å². The summed E-state index contributed by atoms with van der Waals surface area (Å²) in [5, 5.41) is 21.4. The van der Waals surface area contributed by atoms with E-state index >= 15 is 0 Å². The molecule has 0 saturated carbocycles. The summed E-state index contributed by atoms with van der Waals surface area (Å²) in [7, 11) is 0. The van der Waals surface area contributed by atoms with Crippen molar-refractivity contribution in [3.05, 3.63) is 23.8 Å². The third-order valence-electron chi connectivity index (χ3n) is 3.61. The predicted molar refractivity (Wildman–Crippen MR) is 80.7 cm³/mol. The molecule has 1 rings (SSSR count). The second kappa shape index (κ2) is 6.47. The van der Waals surface area contributed by atoms with Gasteiger partial charge in [-0.1, -0.05) is 13.0 Å². The Hall–Kier alpha value is -2.24. The fourth-order valence-electron chi connectivity index (χ4n) is 1.91. The molecule has 3 N–H and O–H groups in total. The highest BCUT2D eigenvalue weighted by Crippen LogP contribution is 2.25. The maximum absolute atomic E-state index is 12.4. The number of urea groups is 1. The molecule has 1 aromatic rings. The highest BCUT2D eigenvalue weighted by Gasteiger charge is 2.34. The van der Waals surface area contributed by atoms with Crippen LogP contribution in [0.1, 0.15) is 32.8 Å². The SMILES string of the molecule is CCN(C(=O)NC(C)(CC)C(=O)O)c1cc(O)ccc1C. The first kappa shape index (κ1) is 16.8. The summed E-state index contributed by atoms with van der Waals surface area (Å²) in [4.78, 5) is 25.1. The molecule has 0 spiro atoms. The van der Waals surface area contributed by atoms with Gasteiger partial charge in [0.15, 0.2) is 0 Å². The standard InChI is InChI=1S/C15H22N2O4/c1-5-15(4,13(19)20)16-14(21)17(6-2)12-9-11(18)8-7-10(12)3/h7-9,18H,5-6H2,1-4H3,(H,16,21)(H,19,20). The molecule has 21 heavy (non-hydrogen) atoms. The number of phenolic OH excluding ortho intramolecular Hbond substituents is 1. The van der Waals surface area contributed by atoms with Crippen molar-refractivity contribution in [3.8, 4) is 5.75 Å². The van der Waals surface area contributed by atoms with Crippen LogP contribution in [0, 0.1) is 6.92 Å². The molecule has 6 heteroatoms. The number of carboxylic acid groups (broad SMARTS) is 1. The van der Waals surface area contributed by atoms with E-state index in [1.54, 1.807) is 19.9 Å². The molecule has 0 bridgehead atoms. The zero-order valence-electron chi connectivity index (χ0n) is 12.8. The number of carbonyl (C=O) groups excluding carboxylic acids is 1.